The van der Waals surface area contributed by atoms with Crippen molar-refractivity contribution in [2.75, 3.05) is 31.1 Å². The molecule has 1 N–H and O–H groups in total. The van der Waals surface area contributed by atoms with Crippen molar-refractivity contribution in [2.24, 2.45) is 5.92 Å². The fourth-order valence-electron chi connectivity index (χ4n) is 4.28. The average Bonchev–Trinajstić information content (AvgIpc) is 3.45. The standard InChI is InChI=1S/C23H29N5O2S/c1-3-26(4-2)19-9-7-18(8-10-19)22(29)27-13-11-17(12-14-27)16-20-24-25-23(30)28(20)21-6-5-15-31-21/h5-10,15,17H,3-4,11-14,16H2,1-2H3,(H,25,30). The lowest BCUT2D eigenvalue weighted by Gasteiger charge is -2.32. The van der Waals surface area contributed by atoms with Gasteiger partial charge in [0.1, 0.15) is 10.8 Å². The van der Waals surface area contributed by atoms with Crippen LogP contribution in [0.4, 0.5) is 5.69 Å². The van der Waals surface area contributed by atoms with Crippen LogP contribution in [0.2, 0.25) is 0 Å². The SMILES string of the molecule is CCN(CC)c1ccc(C(=O)N2CCC(Cc3n[nH]c(=O)n3-c3cccs3)CC2)cc1. The zero-order valence-electron chi connectivity index (χ0n) is 18.1. The fourth-order valence-corrected chi connectivity index (χ4v) is 5.02. The molecule has 1 aliphatic rings. The van der Waals surface area contributed by atoms with Gasteiger partial charge in [-0.25, -0.2) is 14.5 Å². The summed E-state index contributed by atoms with van der Waals surface area (Å²) in [4.78, 5) is 29.3. The van der Waals surface area contributed by atoms with Crippen molar-refractivity contribution in [3.63, 3.8) is 0 Å². The van der Waals surface area contributed by atoms with Crippen LogP contribution in [-0.2, 0) is 6.42 Å². The lowest BCUT2D eigenvalue weighted by Crippen LogP contribution is -2.39. The second kappa shape index (κ2) is 9.51. The van der Waals surface area contributed by atoms with E-state index in [1.807, 2.05) is 46.7 Å². The van der Waals surface area contributed by atoms with E-state index in [4.69, 9.17) is 0 Å². The number of nitrogens with one attached hydrogen (secondary N) is 1. The van der Waals surface area contributed by atoms with E-state index in [0.717, 1.165) is 67.5 Å². The normalized spacial score (nSPS) is 14.7. The van der Waals surface area contributed by atoms with E-state index in [1.165, 1.54) is 11.3 Å². The Hall–Kier alpha value is -2.87. The van der Waals surface area contributed by atoms with Crippen LogP contribution in [0, 0.1) is 5.92 Å². The number of H-pyrrole nitrogens is 1. The summed E-state index contributed by atoms with van der Waals surface area (Å²) in [7, 11) is 0. The van der Waals surface area contributed by atoms with Crippen molar-refractivity contribution in [2.45, 2.75) is 33.1 Å². The van der Waals surface area contributed by atoms with Crippen LogP contribution in [0.25, 0.3) is 5.00 Å². The number of amides is 1. The van der Waals surface area contributed by atoms with Crippen LogP contribution in [0.1, 0.15) is 42.9 Å². The molecule has 0 spiro atoms. The van der Waals surface area contributed by atoms with Crippen molar-refractivity contribution in [1.82, 2.24) is 19.7 Å². The Morgan fingerprint density at radius 2 is 1.87 bits per heavy atom. The number of likely N-dealkylation sites (tertiary alicyclic amines) is 1. The largest absolute Gasteiger partial charge is 0.372 e. The monoisotopic (exact) mass is 439 g/mol. The molecule has 1 saturated heterocycles. The number of hydrogen-bond acceptors (Lipinski definition) is 5. The Bertz CT molecular complexity index is 1040. The lowest BCUT2D eigenvalue weighted by atomic mass is 9.93. The zero-order chi connectivity index (χ0) is 21.8. The first-order valence-electron chi connectivity index (χ1n) is 10.9. The molecule has 1 amide bonds. The molecule has 7 nitrogen and oxygen atoms in total. The Morgan fingerprint density at radius 1 is 1.16 bits per heavy atom. The molecule has 0 atom stereocenters. The molecule has 31 heavy (non-hydrogen) atoms. The molecule has 1 fully saturated rings. The first-order chi connectivity index (χ1) is 15.1. The fraction of sp³-hybridized carbons (Fsp3) is 0.435. The van der Waals surface area contributed by atoms with E-state index in [2.05, 4.69) is 28.9 Å². The Balaban J connectivity index is 1.36. The zero-order valence-corrected chi connectivity index (χ0v) is 18.9. The molecule has 0 unspecified atom stereocenters. The number of aromatic amines is 1. The van der Waals surface area contributed by atoms with E-state index in [0.29, 0.717) is 5.92 Å². The van der Waals surface area contributed by atoms with Gasteiger partial charge in [-0.05, 0) is 74.4 Å². The van der Waals surface area contributed by atoms with Crippen molar-refractivity contribution < 1.29 is 4.79 Å². The van der Waals surface area contributed by atoms with Crippen molar-refractivity contribution in [1.29, 1.82) is 0 Å². The lowest BCUT2D eigenvalue weighted by molar-refractivity contribution is 0.0689. The van der Waals surface area contributed by atoms with Crippen LogP contribution >= 0.6 is 11.3 Å². The van der Waals surface area contributed by atoms with Gasteiger partial charge in [-0.3, -0.25) is 4.79 Å². The number of carbonyl (C=O) groups excluding carboxylic acids is 1. The summed E-state index contributed by atoms with van der Waals surface area (Å²) in [6, 6.07) is 11.8. The van der Waals surface area contributed by atoms with E-state index in [9.17, 15) is 9.59 Å². The first kappa shape index (κ1) is 21.4. The summed E-state index contributed by atoms with van der Waals surface area (Å²) in [6.45, 7) is 7.64. The van der Waals surface area contributed by atoms with Gasteiger partial charge in [0, 0.05) is 43.9 Å². The number of aromatic nitrogens is 3. The number of thiophene rings is 1. The van der Waals surface area contributed by atoms with Gasteiger partial charge in [-0.15, -0.1) is 11.3 Å². The van der Waals surface area contributed by atoms with Gasteiger partial charge < -0.3 is 9.80 Å². The van der Waals surface area contributed by atoms with Crippen LogP contribution in [0.3, 0.4) is 0 Å². The molecular formula is C23H29N5O2S. The highest BCUT2D eigenvalue weighted by atomic mass is 32.1. The van der Waals surface area contributed by atoms with E-state index < -0.39 is 0 Å². The maximum Gasteiger partial charge on any atom is 0.348 e. The minimum Gasteiger partial charge on any atom is -0.372 e. The molecule has 2 aromatic heterocycles. The predicted octanol–water partition coefficient (Wildman–Crippen LogP) is 3.56. The van der Waals surface area contributed by atoms with E-state index in [1.54, 1.807) is 4.57 Å². The third-order valence-electron chi connectivity index (χ3n) is 6.08. The van der Waals surface area contributed by atoms with Gasteiger partial charge in [-0.2, -0.15) is 5.10 Å². The number of anilines is 1. The van der Waals surface area contributed by atoms with Gasteiger partial charge >= 0.3 is 5.69 Å². The predicted molar refractivity (Wildman–Crippen MR) is 124 cm³/mol. The number of nitrogens with zero attached hydrogens (tertiary/aromatic N) is 4. The van der Waals surface area contributed by atoms with Crippen LogP contribution in [0.5, 0.6) is 0 Å². The van der Waals surface area contributed by atoms with Gasteiger partial charge in [0.25, 0.3) is 5.91 Å². The molecule has 0 radical (unpaired) electrons. The first-order valence-corrected chi connectivity index (χ1v) is 11.8. The van der Waals surface area contributed by atoms with Gasteiger partial charge in [0.05, 0.1) is 0 Å². The molecule has 0 bridgehead atoms. The molecule has 0 aliphatic carbocycles. The number of carbonyl (C=O) groups is 1. The Morgan fingerprint density at radius 3 is 2.48 bits per heavy atom. The van der Waals surface area contributed by atoms with Crippen molar-refractivity contribution in [3.8, 4) is 5.00 Å². The molecular weight excluding hydrogens is 410 g/mol. The maximum atomic E-state index is 12.9. The smallest absolute Gasteiger partial charge is 0.348 e. The number of piperidine rings is 1. The topological polar surface area (TPSA) is 74.2 Å². The Kier molecular flexibility index (Phi) is 6.56. The molecule has 8 heteroatoms. The molecule has 164 valence electrons. The summed E-state index contributed by atoms with van der Waals surface area (Å²) in [5.74, 6) is 1.27. The third-order valence-corrected chi connectivity index (χ3v) is 6.94. The molecule has 1 aromatic carbocycles. The molecule has 4 rings (SSSR count). The highest BCUT2D eigenvalue weighted by Crippen LogP contribution is 2.24. The van der Waals surface area contributed by atoms with Crippen molar-refractivity contribution in [3.05, 3.63) is 63.7 Å². The second-order valence-corrected chi connectivity index (χ2v) is 8.82. The highest BCUT2D eigenvalue weighted by Gasteiger charge is 2.25. The minimum atomic E-state index is -0.196. The van der Waals surface area contributed by atoms with Crippen LogP contribution < -0.4 is 10.6 Å². The van der Waals surface area contributed by atoms with E-state index >= 15 is 0 Å². The third kappa shape index (κ3) is 4.58. The molecule has 0 saturated carbocycles. The summed E-state index contributed by atoms with van der Waals surface area (Å²) >= 11 is 1.53. The summed E-state index contributed by atoms with van der Waals surface area (Å²) in [5, 5.41) is 9.67. The Labute approximate surface area is 186 Å². The number of benzene rings is 1. The molecule has 3 heterocycles. The molecule has 1 aliphatic heterocycles. The van der Waals surface area contributed by atoms with Gasteiger partial charge in [-0.1, -0.05) is 0 Å². The summed E-state index contributed by atoms with van der Waals surface area (Å²) < 4.78 is 1.67. The van der Waals surface area contributed by atoms with Crippen LogP contribution in [-0.4, -0.2) is 51.8 Å². The highest BCUT2D eigenvalue weighted by molar-refractivity contribution is 7.12. The quantitative estimate of drug-likeness (QED) is 0.611. The van der Waals surface area contributed by atoms with Gasteiger partial charge in [0.2, 0.25) is 0 Å². The van der Waals surface area contributed by atoms with Crippen molar-refractivity contribution >= 4 is 22.9 Å². The van der Waals surface area contributed by atoms with Crippen LogP contribution in [0.15, 0.2) is 46.6 Å². The van der Waals surface area contributed by atoms with E-state index in [-0.39, 0.29) is 11.6 Å². The second-order valence-electron chi connectivity index (χ2n) is 7.89. The number of rotatable bonds is 7. The number of hydrogen-bond donors (Lipinski definition) is 1. The average molecular weight is 440 g/mol. The maximum absolute atomic E-state index is 12.9. The van der Waals surface area contributed by atoms with Gasteiger partial charge in [0.15, 0.2) is 0 Å². The summed E-state index contributed by atoms with van der Waals surface area (Å²) in [6.07, 6.45) is 2.56. The summed E-state index contributed by atoms with van der Waals surface area (Å²) in [5.41, 5.74) is 1.70. The molecule has 3 aromatic rings. The minimum absolute atomic E-state index is 0.0970.